The molecule has 0 aliphatic rings. The first-order chi connectivity index (χ1) is 8.16. The molecule has 2 aromatic carbocycles. The van der Waals surface area contributed by atoms with Crippen LogP contribution < -0.4 is 5.32 Å². The van der Waals surface area contributed by atoms with Crippen LogP contribution in [0.2, 0.25) is 5.02 Å². The Labute approximate surface area is 105 Å². The van der Waals surface area contributed by atoms with Crippen molar-refractivity contribution in [1.29, 1.82) is 0 Å². The number of amides is 1. The van der Waals surface area contributed by atoms with E-state index in [1.807, 2.05) is 25.1 Å². The van der Waals surface area contributed by atoms with Crippen molar-refractivity contribution in [3.8, 4) is 0 Å². The van der Waals surface area contributed by atoms with Crippen LogP contribution in [-0.4, -0.2) is 5.91 Å². The summed E-state index contributed by atoms with van der Waals surface area (Å²) in [7, 11) is 0. The monoisotopic (exact) mass is 245 g/mol. The lowest BCUT2D eigenvalue weighted by atomic mass is 10.1. The smallest absolute Gasteiger partial charge is 0.255 e. The van der Waals surface area contributed by atoms with Gasteiger partial charge < -0.3 is 5.32 Å². The van der Waals surface area contributed by atoms with Gasteiger partial charge in [-0.15, -0.1) is 0 Å². The number of aryl methyl sites for hydroxylation is 1. The van der Waals surface area contributed by atoms with E-state index in [1.165, 1.54) is 0 Å². The summed E-state index contributed by atoms with van der Waals surface area (Å²) in [6.07, 6.45) is 0. The quantitative estimate of drug-likeness (QED) is 0.854. The van der Waals surface area contributed by atoms with Crippen molar-refractivity contribution in [2.24, 2.45) is 0 Å². The van der Waals surface area contributed by atoms with Crippen LogP contribution in [0.4, 0.5) is 5.69 Å². The standard InChI is InChI=1S/C14H12ClNO/c1-10-4-2-3-5-13(10)14(17)16-12-8-6-11(15)7-9-12/h2-9H,1H3,(H,16,17). The summed E-state index contributed by atoms with van der Waals surface area (Å²) in [5.41, 5.74) is 2.38. The fraction of sp³-hybridized carbons (Fsp3) is 0.0714. The van der Waals surface area contributed by atoms with Gasteiger partial charge >= 0.3 is 0 Å². The average molecular weight is 246 g/mol. The summed E-state index contributed by atoms with van der Waals surface area (Å²) in [5.74, 6) is -0.106. The number of hydrogen-bond acceptors (Lipinski definition) is 1. The van der Waals surface area contributed by atoms with E-state index < -0.39 is 0 Å². The SMILES string of the molecule is Cc1ccccc1C(=O)Nc1ccc(Cl)cc1. The molecule has 0 aliphatic carbocycles. The zero-order chi connectivity index (χ0) is 12.3. The largest absolute Gasteiger partial charge is 0.322 e. The van der Waals surface area contributed by atoms with Crippen molar-refractivity contribution < 1.29 is 4.79 Å². The molecule has 3 heteroatoms. The molecule has 0 spiro atoms. The zero-order valence-corrected chi connectivity index (χ0v) is 10.2. The van der Waals surface area contributed by atoms with Gasteiger partial charge in [-0.25, -0.2) is 0 Å². The molecule has 0 bridgehead atoms. The van der Waals surface area contributed by atoms with Crippen LogP contribution in [0.5, 0.6) is 0 Å². The molecule has 0 unspecified atom stereocenters. The summed E-state index contributed by atoms with van der Waals surface area (Å²) in [5, 5.41) is 3.48. The van der Waals surface area contributed by atoms with Gasteiger partial charge in [-0.05, 0) is 42.8 Å². The molecule has 17 heavy (non-hydrogen) atoms. The summed E-state index contributed by atoms with van der Waals surface area (Å²) < 4.78 is 0. The van der Waals surface area contributed by atoms with Crippen LogP contribution in [0, 0.1) is 6.92 Å². The van der Waals surface area contributed by atoms with E-state index in [-0.39, 0.29) is 5.91 Å². The molecule has 2 nitrogen and oxygen atoms in total. The maximum absolute atomic E-state index is 12.0. The van der Waals surface area contributed by atoms with Crippen LogP contribution in [0.1, 0.15) is 15.9 Å². The Kier molecular flexibility index (Phi) is 3.45. The number of rotatable bonds is 2. The second-order valence-corrected chi connectivity index (χ2v) is 4.21. The molecule has 0 fully saturated rings. The molecular formula is C14H12ClNO. The highest BCUT2D eigenvalue weighted by Gasteiger charge is 2.07. The van der Waals surface area contributed by atoms with Crippen LogP contribution in [0.25, 0.3) is 0 Å². The molecular weight excluding hydrogens is 234 g/mol. The number of hydrogen-bond donors (Lipinski definition) is 1. The van der Waals surface area contributed by atoms with Gasteiger partial charge in [0.05, 0.1) is 0 Å². The van der Waals surface area contributed by atoms with E-state index in [1.54, 1.807) is 30.3 Å². The summed E-state index contributed by atoms with van der Waals surface area (Å²) in [6, 6.07) is 14.5. The number of carbonyl (C=O) groups is 1. The third kappa shape index (κ3) is 2.86. The highest BCUT2D eigenvalue weighted by Crippen LogP contribution is 2.15. The third-order valence-electron chi connectivity index (χ3n) is 2.49. The van der Waals surface area contributed by atoms with E-state index in [4.69, 9.17) is 11.6 Å². The predicted octanol–water partition coefficient (Wildman–Crippen LogP) is 3.90. The van der Waals surface area contributed by atoms with Gasteiger partial charge in [0.2, 0.25) is 0 Å². The average Bonchev–Trinajstić information content (AvgIpc) is 2.32. The molecule has 0 aliphatic heterocycles. The fourth-order valence-corrected chi connectivity index (χ4v) is 1.69. The van der Waals surface area contributed by atoms with E-state index in [9.17, 15) is 4.79 Å². The van der Waals surface area contributed by atoms with E-state index in [0.29, 0.717) is 10.6 Å². The maximum Gasteiger partial charge on any atom is 0.255 e. The highest BCUT2D eigenvalue weighted by molar-refractivity contribution is 6.30. The second kappa shape index (κ2) is 5.02. The van der Waals surface area contributed by atoms with Gasteiger partial charge in [0.25, 0.3) is 5.91 Å². The van der Waals surface area contributed by atoms with Crippen LogP contribution >= 0.6 is 11.6 Å². The number of benzene rings is 2. The van der Waals surface area contributed by atoms with Crippen molar-refractivity contribution in [2.75, 3.05) is 5.32 Å². The van der Waals surface area contributed by atoms with Crippen molar-refractivity contribution in [1.82, 2.24) is 0 Å². The number of nitrogens with one attached hydrogen (secondary N) is 1. The van der Waals surface area contributed by atoms with Gasteiger partial charge in [-0.2, -0.15) is 0 Å². The minimum atomic E-state index is -0.106. The first kappa shape index (κ1) is 11.7. The minimum absolute atomic E-state index is 0.106. The Morgan fingerprint density at radius 2 is 1.71 bits per heavy atom. The van der Waals surface area contributed by atoms with Gasteiger partial charge in [0, 0.05) is 16.3 Å². The lowest BCUT2D eigenvalue weighted by molar-refractivity contribution is 0.102. The molecule has 0 saturated heterocycles. The Morgan fingerprint density at radius 3 is 2.35 bits per heavy atom. The summed E-state index contributed by atoms with van der Waals surface area (Å²) in [6.45, 7) is 1.91. The predicted molar refractivity (Wildman–Crippen MR) is 70.6 cm³/mol. The Hall–Kier alpha value is -1.80. The van der Waals surface area contributed by atoms with Gasteiger partial charge in [-0.3, -0.25) is 4.79 Å². The van der Waals surface area contributed by atoms with Crippen molar-refractivity contribution >= 4 is 23.2 Å². The molecule has 2 rings (SSSR count). The molecule has 0 radical (unpaired) electrons. The molecule has 1 amide bonds. The fourth-order valence-electron chi connectivity index (χ4n) is 1.56. The van der Waals surface area contributed by atoms with Gasteiger partial charge in [-0.1, -0.05) is 29.8 Å². The van der Waals surface area contributed by atoms with Crippen LogP contribution in [0.3, 0.4) is 0 Å². The molecule has 0 heterocycles. The number of halogens is 1. The Morgan fingerprint density at radius 1 is 1.06 bits per heavy atom. The van der Waals surface area contributed by atoms with Crippen molar-refractivity contribution in [3.63, 3.8) is 0 Å². The van der Waals surface area contributed by atoms with Crippen molar-refractivity contribution in [3.05, 3.63) is 64.7 Å². The van der Waals surface area contributed by atoms with Crippen LogP contribution in [-0.2, 0) is 0 Å². The molecule has 86 valence electrons. The zero-order valence-electron chi connectivity index (χ0n) is 9.41. The van der Waals surface area contributed by atoms with E-state index >= 15 is 0 Å². The Balaban J connectivity index is 2.17. The molecule has 1 N–H and O–H groups in total. The second-order valence-electron chi connectivity index (χ2n) is 3.78. The minimum Gasteiger partial charge on any atom is -0.322 e. The van der Waals surface area contributed by atoms with E-state index in [0.717, 1.165) is 11.3 Å². The molecule has 0 saturated carbocycles. The van der Waals surface area contributed by atoms with Crippen molar-refractivity contribution in [2.45, 2.75) is 6.92 Å². The summed E-state index contributed by atoms with van der Waals surface area (Å²) >= 11 is 5.78. The first-order valence-electron chi connectivity index (χ1n) is 5.29. The lowest BCUT2D eigenvalue weighted by Crippen LogP contribution is -2.13. The Bertz CT molecular complexity index is 534. The maximum atomic E-state index is 12.0. The molecule has 0 aromatic heterocycles. The topological polar surface area (TPSA) is 29.1 Å². The normalized spacial score (nSPS) is 10.0. The highest BCUT2D eigenvalue weighted by atomic mass is 35.5. The molecule has 2 aromatic rings. The van der Waals surface area contributed by atoms with Crippen LogP contribution in [0.15, 0.2) is 48.5 Å². The van der Waals surface area contributed by atoms with Gasteiger partial charge in [0.1, 0.15) is 0 Å². The summed E-state index contributed by atoms with van der Waals surface area (Å²) in [4.78, 5) is 12.0. The van der Waals surface area contributed by atoms with Gasteiger partial charge in [0.15, 0.2) is 0 Å². The lowest BCUT2D eigenvalue weighted by Gasteiger charge is -2.07. The number of carbonyl (C=O) groups excluding carboxylic acids is 1. The molecule has 0 atom stereocenters. The third-order valence-corrected chi connectivity index (χ3v) is 2.74. The first-order valence-corrected chi connectivity index (χ1v) is 5.67. The van der Waals surface area contributed by atoms with E-state index in [2.05, 4.69) is 5.32 Å². The number of anilines is 1.